The molecular formula is C24H21F2N3O2. The number of benzene rings is 1. The molecule has 0 spiro atoms. The van der Waals surface area contributed by atoms with Crippen molar-refractivity contribution in [3.63, 3.8) is 0 Å². The van der Waals surface area contributed by atoms with Crippen molar-refractivity contribution in [1.29, 1.82) is 0 Å². The molecule has 2 aromatic heterocycles. The van der Waals surface area contributed by atoms with Gasteiger partial charge in [-0.05, 0) is 67.2 Å². The van der Waals surface area contributed by atoms with Crippen molar-refractivity contribution >= 4 is 22.4 Å². The van der Waals surface area contributed by atoms with Crippen LogP contribution < -0.4 is 5.56 Å². The second kappa shape index (κ2) is 7.11. The van der Waals surface area contributed by atoms with Crippen LogP contribution in [0.3, 0.4) is 0 Å². The molecule has 0 saturated carbocycles. The number of carbonyl (C=O) groups excluding carboxylic acids is 1. The lowest BCUT2D eigenvalue weighted by Crippen LogP contribution is -2.39. The maximum Gasteiger partial charge on any atom is 0.252 e. The lowest BCUT2D eigenvalue weighted by molar-refractivity contribution is -0.130. The van der Waals surface area contributed by atoms with Crippen molar-refractivity contribution in [2.75, 3.05) is 6.54 Å². The van der Waals surface area contributed by atoms with Gasteiger partial charge in [-0.1, -0.05) is 6.08 Å². The largest absolute Gasteiger partial charge is 0.335 e. The van der Waals surface area contributed by atoms with Crippen LogP contribution in [0.25, 0.3) is 16.5 Å². The Bertz CT molecular complexity index is 1330. The first-order chi connectivity index (χ1) is 14.8. The van der Waals surface area contributed by atoms with Crippen LogP contribution in [0.1, 0.15) is 28.8 Å². The summed E-state index contributed by atoms with van der Waals surface area (Å²) in [6.07, 6.45) is 4.68. The molecule has 1 aliphatic carbocycles. The van der Waals surface area contributed by atoms with Crippen molar-refractivity contribution in [2.45, 2.75) is 32.7 Å². The number of hydrogen-bond acceptors (Lipinski definition) is 3. The smallest absolute Gasteiger partial charge is 0.252 e. The Morgan fingerprint density at radius 3 is 2.81 bits per heavy atom. The quantitative estimate of drug-likeness (QED) is 0.702. The molecule has 158 valence electrons. The van der Waals surface area contributed by atoms with E-state index in [0.29, 0.717) is 12.1 Å². The summed E-state index contributed by atoms with van der Waals surface area (Å²) in [5, 5.41) is 0.0122. The number of aryl methyl sites for hydroxylation is 2. The Morgan fingerprint density at radius 2 is 2.06 bits per heavy atom. The number of H-pyrrole nitrogens is 1. The topological polar surface area (TPSA) is 66.1 Å². The van der Waals surface area contributed by atoms with Gasteiger partial charge in [0.05, 0.1) is 18.0 Å². The van der Waals surface area contributed by atoms with Crippen molar-refractivity contribution in [3.8, 4) is 0 Å². The minimum atomic E-state index is -1.02. The summed E-state index contributed by atoms with van der Waals surface area (Å²) in [5.74, 6) is -1.91. The van der Waals surface area contributed by atoms with E-state index in [1.165, 1.54) is 6.07 Å². The van der Waals surface area contributed by atoms with E-state index in [1.807, 2.05) is 19.1 Å². The van der Waals surface area contributed by atoms with Gasteiger partial charge >= 0.3 is 0 Å². The number of halogens is 2. The van der Waals surface area contributed by atoms with Gasteiger partial charge in [0.2, 0.25) is 5.91 Å². The second-order valence-electron chi connectivity index (χ2n) is 8.38. The highest BCUT2D eigenvalue weighted by Gasteiger charge is 2.42. The Balaban J connectivity index is 1.46. The predicted molar refractivity (Wildman–Crippen MR) is 113 cm³/mol. The lowest BCUT2D eigenvalue weighted by Gasteiger charge is -2.29. The van der Waals surface area contributed by atoms with Gasteiger partial charge in [-0.15, -0.1) is 0 Å². The summed E-state index contributed by atoms with van der Waals surface area (Å²) in [5.41, 5.74) is 3.31. The molecule has 2 unspecified atom stereocenters. The van der Waals surface area contributed by atoms with Crippen LogP contribution in [0.2, 0.25) is 0 Å². The molecular weight excluding hydrogens is 400 g/mol. The monoisotopic (exact) mass is 421 g/mol. The van der Waals surface area contributed by atoms with Gasteiger partial charge in [0.25, 0.3) is 5.56 Å². The number of nitrogens with zero attached hydrogens (tertiary/aromatic N) is 2. The zero-order valence-corrected chi connectivity index (χ0v) is 17.2. The summed E-state index contributed by atoms with van der Waals surface area (Å²) in [4.78, 5) is 34.5. The van der Waals surface area contributed by atoms with Crippen LogP contribution >= 0.6 is 0 Å². The summed E-state index contributed by atoms with van der Waals surface area (Å²) in [7, 11) is 0. The normalized spacial score (nSPS) is 19.9. The fourth-order valence-corrected chi connectivity index (χ4v) is 4.94. The highest BCUT2D eigenvalue weighted by atomic mass is 19.2. The van der Waals surface area contributed by atoms with Crippen LogP contribution in [-0.2, 0) is 11.2 Å². The minimum absolute atomic E-state index is 0.0122. The molecule has 0 radical (unpaired) electrons. The average molecular weight is 421 g/mol. The van der Waals surface area contributed by atoms with Crippen molar-refractivity contribution in [1.82, 2.24) is 14.9 Å². The Kier molecular flexibility index (Phi) is 4.50. The molecule has 1 aliphatic heterocycles. The first kappa shape index (κ1) is 19.6. The molecule has 3 heterocycles. The van der Waals surface area contributed by atoms with E-state index < -0.39 is 17.2 Å². The highest BCUT2D eigenvalue weighted by Crippen LogP contribution is 2.42. The molecule has 3 aromatic rings. The van der Waals surface area contributed by atoms with Crippen LogP contribution in [0.15, 0.2) is 41.3 Å². The maximum atomic E-state index is 14.4. The van der Waals surface area contributed by atoms with E-state index in [9.17, 15) is 18.4 Å². The second-order valence-corrected chi connectivity index (χ2v) is 8.38. The number of carbonyl (C=O) groups is 1. The zero-order chi connectivity index (χ0) is 21.9. The predicted octanol–water partition coefficient (Wildman–Crippen LogP) is 3.67. The highest BCUT2D eigenvalue weighted by molar-refractivity contribution is 5.88. The number of likely N-dealkylation sites (tertiary alicyclic amines) is 1. The van der Waals surface area contributed by atoms with Gasteiger partial charge in [0.15, 0.2) is 11.6 Å². The van der Waals surface area contributed by atoms with Crippen LogP contribution in [0, 0.1) is 31.4 Å². The molecule has 1 N–H and O–H groups in total. The van der Waals surface area contributed by atoms with Crippen LogP contribution in [-0.4, -0.2) is 33.4 Å². The molecule has 2 bridgehead atoms. The van der Waals surface area contributed by atoms with Crippen molar-refractivity contribution in [3.05, 3.63) is 80.9 Å². The van der Waals surface area contributed by atoms with Crippen molar-refractivity contribution in [2.24, 2.45) is 5.92 Å². The van der Waals surface area contributed by atoms with E-state index in [2.05, 4.69) is 16.0 Å². The Hall–Kier alpha value is -3.35. The number of pyridine rings is 2. The molecule has 7 heteroatoms. The number of hydrogen-bond donors (Lipinski definition) is 1. The molecule has 5 nitrogen and oxygen atoms in total. The lowest BCUT2D eigenvalue weighted by atomic mass is 9.98. The van der Waals surface area contributed by atoms with E-state index in [1.54, 1.807) is 18.0 Å². The summed E-state index contributed by atoms with van der Waals surface area (Å²) < 4.78 is 28.1. The maximum absolute atomic E-state index is 14.4. The number of fused-ring (bicyclic) bond motifs is 3. The first-order valence-corrected chi connectivity index (χ1v) is 10.3. The van der Waals surface area contributed by atoms with E-state index >= 15 is 0 Å². The standard InChI is InChI=1S/C24H21F2N3O2/c1-12-7-15(5-6-27-12)17-8-14-9-20(17)29(11-14)21(30)10-16-13(2)22-19(28-24(16)31)4-3-18(25)23(22)26/h3-8,14,20H,9-11H2,1-2H3,(H,28,31). The van der Waals surface area contributed by atoms with Crippen LogP contribution in [0.5, 0.6) is 0 Å². The Labute approximate surface area is 177 Å². The number of rotatable bonds is 3. The van der Waals surface area contributed by atoms with E-state index in [-0.39, 0.29) is 40.8 Å². The third-order valence-electron chi connectivity index (χ3n) is 6.43. The van der Waals surface area contributed by atoms with Crippen molar-refractivity contribution < 1.29 is 13.6 Å². The third-order valence-corrected chi connectivity index (χ3v) is 6.43. The summed E-state index contributed by atoms with van der Waals surface area (Å²) in [6.45, 7) is 4.09. The molecule has 2 aliphatic rings. The third kappa shape index (κ3) is 3.15. The number of aromatic nitrogens is 2. The fourth-order valence-electron chi connectivity index (χ4n) is 4.94. The molecule has 1 amide bonds. The van der Waals surface area contributed by atoms with Gasteiger partial charge in [-0.2, -0.15) is 0 Å². The number of aromatic amines is 1. The summed E-state index contributed by atoms with van der Waals surface area (Å²) >= 11 is 0. The molecule has 31 heavy (non-hydrogen) atoms. The zero-order valence-electron chi connectivity index (χ0n) is 17.2. The number of amides is 1. The van der Waals surface area contributed by atoms with Gasteiger partial charge < -0.3 is 9.88 Å². The van der Waals surface area contributed by atoms with E-state index in [0.717, 1.165) is 29.3 Å². The molecule has 2 atom stereocenters. The van der Waals surface area contributed by atoms with Gasteiger partial charge in [-0.3, -0.25) is 14.6 Å². The minimum Gasteiger partial charge on any atom is -0.335 e. The average Bonchev–Trinajstić information content (AvgIpc) is 3.35. The SMILES string of the molecule is Cc1cc(C2=CC3CC2N(C(=O)Cc2c(C)c4c(F)c(F)ccc4[nH]c2=O)C3)ccn1. The fraction of sp³-hybridized carbons (Fsp3) is 0.292. The van der Waals surface area contributed by atoms with Gasteiger partial charge in [-0.25, -0.2) is 8.78 Å². The van der Waals surface area contributed by atoms with Crippen LogP contribution in [0.4, 0.5) is 8.78 Å². The first-order valence-electron chi connectivity index (χ1n) is 10.3. The van der Waals surface area contributed by atoms with Gasteiger partial charge in [0.1, 0.15) is 0 Å². The van der Waals surface area contributed by atoms with Gasteiger partial charge in [0, 0.05) is 29.4 Å². The summed E-state index contributed by atoms with van der Waals surface area (Å²) in [6, 6.07) is 6.21. The Morgan fingerprint density at radius 1 is 1.26 bits per heavy atom. The van der Waals surface area contributed by atoms with E-state index in [4.69, 9.17) is 0 Å². The number of nitrogens with one attached hydrogen (secondary N) is 1. The molecule has 5 rings (SSSR count). The molecule has 1 saturated heterocycles. The molecule has 1 fully saturated rings. The molecule has 1 aromatic carbocycles.